The van der Waals surface area contributed by atoms with Gasteiger partial charge < -0.3 is 14.8 Å². The van der Waals surface area contributed by atoms with E-state index in [0.29, 0.717) is 17.1 Å². The fourth-order valence-electron chi connectivity index (χ4n) is 2.42. The fourth-order valence-corrected chi connectivity index (χ4v) is 3.36. The first-order valence-electron chi connectivity index (χ1n) is 9.09. The number of carbonyl (C=O) groups excluding carboxylic acids is 2. The molecule has 0 bridgehead atoms. The van der Waals surface area contributed by atoms with Crippen molar-refractivity contribution >= 4 is 33.5 Å². The van der Waals surface area contributed by atoms with E-state index < -0.39 is 21.9 Å². The molecule has 162 valence electrons. The minimum absolute atomic E-state index is 0.00928. The number of esters is 1. The molecule has 1 aromatic carbocycles. The van der Waals surface area contributed by atoms with Crippen molar-refractivity contribution in [1.82, 2.24) is 9.97 Å². The Hall–Kier alpha value is -3.05. The van der Waals surface area contributed by atoms with Gasteiger partial charge in [0.25, 0.3) is 10.0 Å². The Morgan fingerprint density at radius 2 is 1.63 bits per heavy atom. The molecule has 0 unspecified atom stereocenters. The zero-order valence-corrected chi connectivity index (χ0v) is 17.8. The van der Waals surface area contributed by atoms with E-state index in [1.807, 2.05) is 0 Å². The number of carbonyl (C=O) groups is 2. The number of aryl methyl sites for hydroxylation is 2. The molecule has 0 saturated heterocycles. The summed E-state index contributed by atoms with van der Waals surface area (Å²) in [6.45, 7) is 3.90. The largest absolute Gasteiger partial charge is 0.463 e. The monoisotopic (exact) mass is 436 g/mol. The van der Waals surface area contributed by atoms with E-state index >= 15 is 0 Å². The summed E-state index contributed by atoms with van der Waals surface area (Å²) < 4.78 is 37.0. The zero-order chi connectivity index (χ0) is 22.1. The van der Waals surface area contributed by atoms with Gasteiger partial charge in [-0.15, -0.1) is 0 Å². The van der Waals surface area contributed by atoms with Crippen molar-refractivity contribution < 1.29 is 27.5 Å². The molecule has 1 amide bonds. The van der Waals surface area contributed by atoms with Gasteiger partial charge in [0, 0.05) is 30.6 Å². The van der Waals surface area contributed by atoms with Crippen molar-refractivity contribution in [3.8, 4) is 0 Å². The maximum atomic E-state index is 12.5. The Kier molecular flexibility index (Phi) is 8.25. The number of nitrogens with zero attached hydrogens (tertiary/aromatic N) is 2. The molecule has 0 aliphatic carbocycles. The Labute approximate surface area is 175 Å². The Bertz CT molecular complexity index is 972. The number of ether oxygens (including phenoxy) is 2. The molecule has 0 aliphatic heterocycles. The van der Waals surface area contributed by atoms with Crippen molar-refractivity contribution in [2.24, 2.45) is 0 Å². The van der Waals surface area contributed by atoms with Crippen molar-refractivity contribution in [3.05, 3.63) is 41.7 Å². The molecule has 0 saturated carbocycles. The number of hydrogen-bond donors (Lipinski definition) is 2. The molecule has 0 radical (unpaired) electrons. The SMILES string of the molecule is COCCOC(=O)CCC(=O)Nc1ccc(S(=O)(=O)Nc2nc(C)cc(C)n2)cc1. The van der Waals surface area contributed by atoms with Gasteiger partial charge in [-0.05, 0) is 44.2 Å². The van der Waals surface area contributed by atoms with Gasteiger partial charge >= 0.3 is 5.97 Å². The van der Waals surface area contributed by atoms with E-state index in [1.54, 1.807) is 19.9 Å². The van der Waals surface area contributed by atoms with Crippen LogP contribution in [0.2, 0.25) is 0 Å². The number of sulfonamides is 1. The highest BCUT2D eigenvalue weighted by Crippen LogP contribution is 2.17. The van der Waals surface area contributed by atoms with E-state index in [-0.39, 0.29) is 36.9 Å². The zero-order valence-electron chi connectivity index (χ0n) is 17.0. The second-order valence-corrected chi connectivity index (χ2v) is 8.05. The lowest BCUT2D eigenvalue weighted by Crippen LogP contribution is -2.17. The van der Waals surface area contributed by atoms with E-state index in [0.717, 1.165) is 0 Å². The number of anilines is 2. The van der Waals surface area contributed by atoms with Crippen LogP contribution in [0.15, 0.2) is 35.2 Å². The van der Waals surface area contributed by atoms with Crippen LogP contribution in [0, 0.1) is 13.8 Å². The smallest absolute Gasteiger partial charge is 0.306 e. The predicted octanol–water partition coefficient (Wildman–Crippen LogP) is 1.80. The van der Waals surface area contributed by atoms with Crippen molar-refractivity contribution in [2.45, 2.75) is 31.6 Å². The molecule has 0 atom stereocenters. The highest BCUT2D eigenvalue weighted by atomic mass is 32.2. The Balaban J connectivity index is 1.92. The molecule has 30 heavy (non-hydrogen) atoms. The summed E-state index contributed by atoms with van der Waals surface area (Å²) in [6.07, 6.45) is -0.126. The van der Waals surface area contributed by atoms with Crippen LogP contribution < -0.4 is 10.0 Å². The van der Waals surface area contributed by atoms with Crippen LogP contribution in [0.1, 0.15) is 24.2 Å². The van der Waals surface area contributed by atoms with Gasteiger partial charge in [0.1, 0.15) is 6.61 Å². The summed E-state index contributed by atoms with van der Waals surface area (Å²) in [5, 5.41) is 2.60. The first-order valence-corrected chi connectivity index (χ1v) is 10.6. The van der Waals surface area contributed by atoms with Crippen LogP contribution in [-0.2, 0) is 29.1 Å². The summed E-state index contributed by atoms with van der Waals surface area (Å²) in [4.78, 5) is 31.5. The third-order valence-corrected chi connectivity index (χ3v) is 5.11. The maximum absolute atomic E-state index is 12.5. The molecule has 11 heteroatoms. The van der Waals surface area contributed by atoms with Crippen LogP contribution in [0.5, 0.6) is 0 Å². The molecule has 0 fully saturated rings. The van der Waals surface area contributed by atoms with E-state index in [9.17, 15) is 18.0 Å². The summed E-state index contributed by atoms with van der Waals surface area (Å²) in [7, 11) is -2.39. The summed E-state index contributed by atoms with van der Waals surface area (Å²) in [5.41, 5.74) is 1.68. The average Bonchev–Trinajstić information content (AvgIpc) is 2.66. The van der Waals surface area contributed by atoms with Gasteiger partial charge in [0.15, 0.2) is 0 Å². The van der Waals surface area contributed by atoms with Gasteiger partial charge in [0.2, 0.25) is 11.9 Å². The van der Waals surface area contributed by atoms with E-state index in [4.69, 9.17) is 9.47 Å². The molecule has 2 N–H and O–H groups in total. The molecule has 10 nitrogen and oxygen atoms in total. The number of amides is 1. The van der Waals surface area contributed by atoms with Gasteiger partial charge in [-0.25, -0.2) is 23.1 Å². The molecule has 2 rings (SSSR count). The normalized spacial score (nSPS) is 11.0. The van der Waals surface area contributed by atoms with Crippen LogP contribution >= 0.6 is 0 Å². The lowest BCUT2D eigenvalue weighted by Gasteiger charge is -2.09. The third-order valence-electron chi connectivity index (χ3n) is 3.76. The molecular weight excluding hydrogens is 412 g/mol. The minimum atomic E-state index is -3.88. The van der Waals surface area contributed by atoms with Crippen LogP contribution in [0.3, 0.4) is 0 Å². The van der Waals surface area contributed by atoms with Crippen LogP contribution in [0.4, 0.5) is 11.6 Å². The van der Waals surface area contributed by atoms with Crippen LogP contribution in [0.25, 0.3) is 0 Å². The molecule has 0 aliphatic rings. The number of methoxy groups -OCH3 is 1. The quantitative estimate of drug-likeness (QED) is 0.425. The van der Waals surface area contributed by atoms with E-state index in [1.165, 1.54) is 31.4 Å². The van der Waals surface area contributed by atoms with Gasteiger partial charge in [-0.2, -0.15) is 0 Å². The molecule has 0 spiro atoms. The molecule has 1 heterocycles. The maximum Gasteiger partial charge on any atom is 0.306 e. The summed E-state index contributed by atoms with van der Waals surface area (Å²) in [5.74, 6) is -0.901. The molecule has 1 aromatic heterocycles. The second kappa shape index (κ2) is 10.6. The second-order valence-electron chi connectivity index (χ2n) is 6.37. The van der Waals surface area contributed by atoms with Gasteiger partial charge in [0.05, 0.1) is 17.9 Å². The first kappa shape index (κ1) is 23.2. The van der Waals surface area contributed by atoms with Crippen LogP contribution in [-0.4, -0.2) is 50.6 Å². The van der Waals surface area contributed by atoms with Gasteiger partial charge in [-0.1, -0.05) is 0 Å². The Morgan fingerprint density at radius 3 is 2.23 bits per heavy atom. The highest BCUT2D eigenvalue weighted by Gasteiger charge is 2.16. The summed E-state index contributed by atoms with van der Waals surface area (Å²) >= 11 is 0. The highest BCUT2D eigenvalue weighted by molar-refractivity contribution is 7.92. The predicted molar refractivity (Wildman–Crippen MR) is 109 cm³/mol. The van der Waals surface area contributed by atoms with E-state index in [2.05, 4.69) is 20.0 Å². The Morgan fingerprint density at radius 1 is 1.00 bits per heavy atom. The number of aromatic nitrogens is 2. The number of nitrogens with one attached hydrogen (secondary N) is 2. The number of rotatable bonds is 10. The molecular formula is C19H24N4O6S. The summed E-state index contributed by atoms with van der Waals surface area (Å²) in [6, 6.07) is 7.32. The lowest BCUT2D eigenvalue weighted by molar-refractivity contribution is -0.145. The minimum Gasteiger partial charge on any atom is -0.463 e. The fraction of sp³-hybridized carbons (Fsp3) is 0.368. The lowest BCUT2D eigenvalue weighted by atomic mass is 10.2. The molecule has 2 aromatic rings. The van der Waals surface area contributed by atoms with Gasteiger partial charge in [-0.3, -0.25) is 9.59 Å². The number of hydrogen-bond acceptors (Lipinski definition) is 8. The topological polar surface area (TPSA) is 137 Å². The van der Waals surface area contributed by atoms with Crippen molar-refractivity contribution in [2.75, 3.05) is 30.4 Å². The average molecular weight is 436 g/mol. The van der Waals surface area contributed by atoms with Crippen molar-refractivity contribution in [1.29, 1.82) is 0 Å². The number of benzene rings is 1. The van der Waals surface area contributed by atoms with Crippen molar-refractivity contribution in [3.63, 3.8) is 0 Å². The first-order chi connectivity index (χ1) is 14.2. The standard InChI is InChI=1S/C19H24N4O6S/c1-13-12-14(2)21-19(20-13)23-30(26,27)16-6-4-15(5-7-16)22-17(24)8-9-18(25)29-11-10-28-3/h4-7,12H,8-11H2,1-3H3,(H,22,24)(H,20,21,23). The third kappa shape index (κ3) is 7.41.